The number of hydrogen-bond donors (Lipinski definition) is 2. The van der Waals surface area contributed by atoms with Crippen molar-refractivity contribution in [3.05, 3.63) is 24.0 Å². The van der Waals surface area contributed by atoms with Crippen molar-refractivity contribution in [2.24, 2.45) is 0 Å². The third kappa shape index (κ3) is 2.77. The van der Waals surface area contributed by atoms with E-state index in [1.54, 1.807) is 4.90 Å². The van der Waals surface area contributed by atoms with Crippen molar-refractivity contribution in [3.63, 3.8) is 0 Å². The number of nitrogens with one attached hydrogen (secondary N) is 1. The second-order valence-corrected chi connectivity index (χ2v) is 4.14. The molecule has 2 N–H and O–H groups in total. The summed E-state index contributed by atoms with van der Waals surface area (Å²) in [6, 6.07) is 2.91. The highest BCUT2D eigenvalue weighted by molar-refractivity contribution is 5.96. The minimum atomic E-state index is -0.541. The maximum atomic E-state index is 11.7. The Morgan fingerprint density at radius 1 is 1.39 bits per heavy atom. The Kier molecular flexibility index (Phi) is 3.76. The Bertz CT molecular complexity index is 456. The zero-order chi connectivity index (χ0) is 13.0. The summed E-state index contributed by atoms with van der Waals surface area (Å²) in [5.41, 5.74) is -0.0632. The lowest BCUT2D eigenvalue weighted by Gasteiger charge is -2.15. The predicted molar refractivity (Wildman–Crippen MR) is 64.0 cm³/mol. The Morgan fingerprint density at radius 2 is 2.11 bits per heavy atom. The van der Waals surface area contributed by atoms with Crippen molar-refractivity contribution in [3.8, 4) is 5.75 Å². The highest BCUT2D eigenvalue weighted by Gasteiger charge is 2.19. The lowest BCUT2D eigenvalue weighted by Crippen LogP contribution is -2.38. The molecule has 1 fully saturated rings. The van der Waals surface area contributed by atoms with Crippen LogP contribution in [0.4, 0.5) is 0 Å². The van der Waals surface area contributed by atoms with Crippen LogP contribution >= 0.6 is 0 Å². The molecule has 0 aliphatic carbocycles. The van der Waals surface area contributed by atoms with Gasteiger partial charge in [0.15, 0.2) is 5.69 Å². The van der Waals surface area contributed by atoms with Crippen molar-refractivity contribution < 1.29 is 14.7 Å². The van der Waals surface area contributed by atoms with Crippen molar-refractivity contribution in [1.82, 2.24) is 15.2 Å². The van der Waals surface area contributed by atoms with Gasteiger partial charge in [-0.05, 0) is 25.0 Å². The van der Waals surface area contributed by atoms with Crippen LogP contribution in [0.5, 0.6) is 5.75 Å². The fourth-order valence-corrected chi connectivity index (χ4v) is 1.89. The summed E-state index contributed by atoms with van der Waals surface area (Å²) >= 11 is 0. The summed E-state index contributed by atoms with van der Waals surface area (Å²) in [5.74, 6) is -0.833. The van der Waals surface area contributed by atoms with Gasteiger partial charge in [0.25, 0.3) is 5.91 Å². The molecular weight excluding hydrogens is 234 g/mol. The number of pyridine rings is 1. The average Bonchev–Trinajstić information content (AvgIpc) is 2.90. The molecule has 6 nitrogen and oxygen atoms in total. The van der Waals surface area contributed by atoms with Gasteiger partial charge in [-0.25, -0.2) is 4.98 Å². The summed E-state index contributed by atoms with van der Waals surface area (Å²) in [7, 11) is 0. The SMILES string of the molecule is O=C(NCC(=O)N1CCCC1)c1ncccc1O. The molecule has 2 amide bonds. The molecule has 0 spiro atoms. The van der Waals surface area contributed by atoms with E-state index in [2.05, 4.69) is 10.3 Å². The van der Waals surface area contributed by atoms with Gasteiger partial charge < -0.3 is 15.3 Å². The number of aromatic nitrogens is 1. The number of carbonyl (C=O) groups is 2. The first-order valence-electron chi connectivity index (χ1n) is 5.88. The largest absolute Gasteiger partial charge is 0.505 e. The van der Waals surface area contributed by atoms with Crippen LogP contribution in [0, 0.1) is 0 Å². The van der Waals surface area contributed by atoms with E-state index in [1.807, 2.05) is 0 Å². The van der Waals surface area contributed by atoms with E-state index in [4.69, 9.17) is 0 Å². The number of likely N-dealkylation sites (tertiary alicyclic amines) is 1. The number of hydrogen-bond acceptors (Lipinski definition) is 4. The molecule has 0 bridgehead atoms. The number of amides is 2. The summed E-state index contributed by atoms with van der Waals surface area (Å²) in [6.07, 6.45) is 3.44. The molecule has 0 aromatic carbocycles. The van der Waals surface area contributed by atoms with Gasteiger partial charge in [-0.2, -0.15) is 0 Å². The molecule has 0 radical (unpaired) electrons. The molecule has 0 saturated carbocycles. The monoisotopic (exact) mass is 249 g/mol. The average molecular weight is 249 g/mol. The zero-order valence-corrected chi connectivity index (χ0v) is 9.93. The molecule has 0 atom stereocenters. The lowest BCUT2D eigenvalue weighted by atomic mass is 10.3. The third-order valence-electron chi connectivity index (χ3n) is 2.86. The standard InChI is InChI=1S/C12H15N3O3/c16-9-4-3-5-13-11(9)12(18)14-8-10(17)15-6-1-2-7-15/h3-5,16H,1-2,6-8H2,(H,14,18). The highest BCUT2D eigenvalue weighted by Crippen LogP contribution is 2.12. The van der Waals surface area contributed by atoms with E-state index >= 15 is 0 Å². The Balaban J connectivity index is 1.88. The number of nitrogens with zero attached hydrogens (tertiary/aromatic N) is 2. The molecule has 1 saturated heterocycles. The maximum absolute atomic E-state index is 11.7. The van der Waals surface area contributed by atoms with Crippen LogP contribution in [-0.2, 0) is 4.79 Å². The van der Waals surface area contributed by atoms with Gasteiger partial charge in [-0.15, -0.1) is 0 Å². The van der Waals surface area contributed by atoms with Crippen molar-refractivity contribution >= 4 is 11.8 Å². The molecular formula is C12H15N3O3. The van der Waals surface area contributed by atoms with Crippen LogP contribution in [0.1, 0.15) is 23.3 Å². The van der Waals surface area contributed by atoms with Gasteiger partial charge in [0.2, 0.25) is 5.91 Å². The van der Waals surface area contributed by atoms with Crippen LogP contribution in [0.25, 0.3) is 0 Å². The van der Waals surface area contributed by atoms with E-state index in [0.29, 0.717) is 0 Å². The number of rotatable bonds is 3. The smallest absolute Gasteiger partial charge is 0.274 e. The molecule has 2 heterocycles. The highest BCUT2D eigenvalue weighted by atomic mass is 16.3. The fourth-order valence-electron chi connectivity index (χ4n) is 1.89. The first-order chi connectivity index (χ1) is 8.68. The first-order valence-corrected chi connectivity index (χ1v) is 5.88. The molecule has 1 aromatic rings. The van der Waals surface area contributed by atoms with Gasteiger partial charge in [0.1, 0.15) is 5.75 Å². The van der Waals surface area contributed by atoms with E-state index in [1.165, 1.54) is 18.3 Å². The number of aromatic hydroxyl groups is 1. The summed E-state index contributed by atoms with van der Waals surface area (Å²) < 4.78 is 0. The van der Waals surface area contributed by atoms with Crippen molar-refractivity contribution in [2.45, 2.75) is 12.8 Å². The van der Waals surface area contributed by atoms with Crippen LogP contribution in [0.15, 0.2) is 18.3 Å². The van der Waals surface area contributed by atoms with Crippen LogP contribution in [0.3, 0.4) is 0 Å². The predicted octanol–water partition coefficient (Wildman–Crippen LogP) is 0.139. The molecule has 0 unspecified atom stereocenters. The molecule has 2 rings (SSSR count). The van der Waals surface area contributed by atoms with E-state index in [9.17, 15) is 14.7 Å². The second-order valence-electron chi connectivity index (χ2n) is 4.14. The van der Waals surface area contributed by atoms with Gasteiger partial charge in [0.05, 0.1) is 6.54 Å². The first kappa shape index (κ1) is 12.3. The van der Waals surface area contributed by atoms with Crippen LogP contribution < -0.4 is 5.32 Å². The summed E-state index contributed by atoms with van der Waals surface area (Å²) in [6.45, 7) is 1.45. The fraction of sp³-hybridized carbons (Fsp3) is 0.417. The normalized spacial score (nSPS) is 14.6. The van der Waals surface area contributed by atoms with E-state index < -0.39 is 5.91 Å². The van der Waals surface area contributed by atoms with E-state index in [-0.39, 0.29) is 23.9 Å². The topological polar surface area (TPSA) is 82.5 Å². The minimum Gasteiger partial charge on any atom is -0.505 e. The van der Waals surface area contributed by atoms with Gasteiger partial charge in [0, 0.05) is 19.3 Å². The zero-order valence-electron chi connectivity index (χ0n) is 9.93. The lowest BCUT2D eigenvalue weighted by molar-refractivity contribution is -0.129. The molecule has 6 heteroatoms. The molecule has 1 aromatic heterocycles. The number of carbonyl (C=O) groups excluding carboxylic acids is 2. The second kappa shape index (κ2) is 5.48. The van der Waals surface area contributed by atoms with Crippen LogP contribution in [-0.4, -0.2) is 46.4 Å². The molecule has 1 aliphatic rings. The van der Waals surface area contributed by atoms with Crippen LogP contribution in [0.2, 0.25) is 0 Å². The van der Waals surface area contributed by atoms with Gasteiger partial charge in [-0.3, -0.25) is 9.59 Å². The Labute approximate surface area is 105 Å². The van der Waals surface area contributed by atoms with Crippen molar-refractivity contribution in [2.75, 3.05) is 19.6 Å². The third-order valence-corrected chi connectivity index (χ3v) is 2.86. The Hall–Kier alpha value is -2.11. The molecule has 1 aliphatic heterocycles. The Morgan fingerprint density at radius 3 is 2.78 bits per heavy atom. The maximum Gasteiger partial charge on any atom is 0.274 e. The summed E-state index contributed by atoms with van der Waals surface area (Å²) in [5, 5.41) is 11.9. The van der Waals surface area contributed by atoms with Gasteiger partial charge in [-0.1, -0.05) is 0 Å². The van der Waals surface area contributed by atoms with E-state index in [0.717, 1.165) is 25.9 Å². The molecule has 96 valence electrons. The quantitative estimate of drug-likeness (QED) is 0.798. The minimum absolute atomic E-state index is 0.0607. The van der Waals surface area contributed by atoms with Crippen molar-refractivity contribution in [1.29, 1.82) is 0 Å². The molecule has 18 heavy (non-hydrogen) atoms. The van der Waals surface area contributed by atoms with Gasteiger partial charge >= 0.3 is 0 Å². The summed E-state index contributed by atoms with van der Waals surface area (Å²) in [4.78, 5) is 28.9.